The van der Waals surface area contributed by atoms with Crippen molar-refractivity contribution in [1.29, 1.82) is 0 Å². The fourth-order valence-corrected chi connectivity index (χ4v) is 3.25. The number of allylic oxidation sites excluding steroid dienone is 2. The van der Waals surface area contributed by atoms with Gasteiger partial charge in [0.25, 0.3) is 0 Å². The van der Waals surface area contributed by atoms with Crippen molar-refractivity contribution in [1.82, 2.24) is 0 Å². The second-order valence-electron chi connectivity index (χ2n) is 8.08. The summed E-state index contributed by atoms with van der Waals surface area (Å²) in [6.45, 7) is 5.27. The van der Waals surface area contributed by atoms with E-state index in [-0.39, 0.29) is 11.9 Å². The van der Waals surface area contributed by atoms with Crippen molar-refractivity contribution in [2.24, 2.45) is 0 Å². The van der Waals surface area contributed by atoms with Crippen LogP contribution in [0, 0.1) is 0 Å². The van der Waals surface area contributed by atoms with Crippen molar-refractivity contribution in [2.45, 2.75) is 97.3 Å². The molecule has 0 aliphatic rings. The molecule has 0 aliphatic carbocycles. The number of carbonyl (C=O) groups is 2. The quantitative estimate of drug-likeness (QED) is 0.136. The molecular weight excluding hydrogens is 388 g/mol. The van der Waals surface area contributed by atoms with Gasteiger partial charge >= 0.3 is 11.9 Å². The maximum Gasteiger partial charge on any atom is 0.338 e. The van der Waals surface area contributed by atoms with E-state index in [0.29, 0.717) is 24.3 Å². The summed E-state index contributed by atoms with van der Waals surface area (Å²) in [6.07, 6.45) is 19.3. The van der Waals surface area contributed by atoms with Crippen LogP contribution in [-0.2, 0) is 9.47 Å². The third kappa shape index (κ3) is 13.7. The van der Waals surface area contributed by atoms with Crippen LogP contribution in [0.3, 0.4) is 0 Å². The number of hydrogen-bond acceptors (Lipinski definition) is 4. The molecule has 1 aromatic carbocycles. The molecule has 0 saturated heterocycles. The molecule has 1 rings (SSSR count). The molecule has 0 bridgehead atoms. The Morgan fingerprint density at radius 3 is 1.58 bits per heavy atom. The highest BCUT2D eigenvalue weighted by Gasteiger charge is 2.10. The molecule has 4 heteroatoms. The summed E-state index contributed by atoms with van der Waals surface area (Å²) < 4.78 is 10.6. The summed E-state index contributed by atoms with van der Waals surface area (Å²) >= 11 is 0. The SMILES string of the molecule is CCCCC/C=C/CCCOC(=O)c1ccc(C(=O)OCCCCCCCCC)cc1. The van der Waals surface area contributed by atoms with Crippen molar-refractivity contribution in [3.05, 3.63) is 47.5 Å². The number of benzene rings is 1. The molecule has 31 heavy (non-hydrogen) atoms. The zero-order valence-corrected chi connectivity index (χ0v) is 19.7. The number of carbonyl (C=O) groups excluding carboxylic acids is 2. The van der Waals surface area contributed by atoms with Gasteiger partial charge in [0.05, 0.1) is 24.3 Å². The fourth-order valence-electron chi connectivity index (χ4n) is 3.25. The first kappa shape index (κ1) is 26.9. The molecule has 0 N–H and O–H groups in total. The molecule has 0 amide bonds. The summed E-state index contributed by atoms with van der Waals surface area (Å²) in [7, 11) is 0. The van der Waals surface area contributed by atoms with Crippen LogP contribution < -0.4 is 0 Å². The van der Waals surface area contributed by atoms with Gasteiger partial charge in [-0.15, -0.1) is 0 Å². The lowest BCUT2D eigenvalue weighted by atomic mass is 10.1. The van der Waals surface area contributed by atoms with Crippen molar-refractivity contribution in [2.75, 3.05) is 13.2 Å². The zero-order valence-electron chi connectivity index (χ0n) is 19.7. The summed E-state index contributed by atoms with van der Waals surface area (Å²) in [5.74, 6) is -0.688. The molecule has 0 aliphatic heterocycles. The van der Waals surface area contributed by atoms with Crippen LogP contribution in [0.5, 0.6) is 0 Å². The fraction of sp³-hybridized carbons (Fsp3) is 0.630. The highest BCUT2D eigenvalue weighted by atomic mass is 16.5. The topological polar surface area (TPSA) is 52.6 Å². The summed E-state index contributed by atoms with van der Waals surface area (Å²) in [4.78, 5) is 24.2. The van der Waals surface area contributed by atoms with Crippen molar-refractivity contribution in [3.63, 3.8) is 0 Å². The number of unbranched alkanes of at least 4 members (excludes halogenated alkanes) is 10. The van der Waals surface area contributed by atoms with Gasteiger partial charge in [-0.1, -0.05) is 77.4 Å². The van der Waals surface area contributed by atoms with Crippen LogP contribution in [0.25, 0.3) is 0 Å². The van der Waals surface area contributed by atoms with Gasteiger partial charge in [0, 0.05) is 0 Å². The van der Waals surface area contributed by atoms with Gasteiger partial charge in [0.2, 0.25) is 0 Å². The monoisotopic (exact) mass is 430 g/mol. The molecule has 0 atom stereocenters. The average Bonchev–Trinajstić information content (AvgIpc) is 2.79. The Hall–Kier alpha value is -2.10. The molecule has 0 aromatic heterocycles. The molecule has 174 valence electrons. The number of esters is 2. The van der Waals surface area contributed by atoms with Gasteiger partial charge in [-0.2, -0.15) is 0 Å². The van der Waals surface area contributed by atoms with E-state index in [9.17, 15) is 9.59 Å². The Balaban J connectivity index is 2.17. The largest absolute Gasteiger partial charge is 0.462 e. The first-order valence-electron chi connectivity index (χ1n) is 12.3. The van der Waals surface area contributed by atoms with Gasteiger partial charge in [0.1, 0.15) is 0 Å². The predicted octanol–water partition coefficient (Wildman–Crippen LogP) is 7.67. The lowest BCUT2D eigenvalue weighted by molar-refractivity contribution is 0.0485. The molecule has 0 unspecified atom stereocenters. The van der Waals surface area contributed by atoms with E-state index >= 15 is 0 Å². The molecule has 0 saturated carbocycles. The molecule has 0 spiro atoms. The van der Waals surface area contributed by atoms with Gasteiger partial charge in [-0.05, 0) is 56.4 Å². The zero-order chi connectivity index (χ0) is 22.6. The highest BCUT2D eigenvalue weighted by Crippen LogP contribution is 2.10. The summed E-state index contributed by atoms with van der Waals surface area (Å²) in [5.41, 5.74) is 0.923. The van der Waals surface area contributed by atoms with E-state index < -0.39 is 0 Å². The van der Waals surface area contributed by atoms with Crippen LogP contribution in [0.4, 0.5) is 0 Å². The smallest absolute Gasteiger partial charge is 0.338 e. The molecule has 0 heterocycles. The Morgan fingerprint density at radius 1 is 0.613 bits per heavy atom. The lowest BCUT2D eigenvalue weighted by Crippen LogP contribution is -2.09. The minimum absolute atomic E-state index is 0.336. The lowest BCUT2D eigenvalue weighted by Gasteiger charge is -2.07. The highest BCUT2D eigenvalue weighted by molar-refractivity contribution is 5.93. The molecule has 1 aromatic rings. The van der Waals surface area contributed by atoms with Gasteiger partial charge in [-0.25, -0.2) is 9.59 Å². The van der Waals surface area contributed by atoms with E-state index in [1.807, 2.05) is 0 Å². The van der Waals surface area contributed by atoms with Crippen molar-refractivity contribution >= 4 is 11.9 Å². The number of ether oxygens (including phenoxy) is 2. The second-order valence-corrected chi connectivity index (χ2v) is 8.08. The van der Waals surface area contributed by atoms with E-state index in [1.54, 1.807) is 24.3 Å². The van der Waals surface area contributed by atoms with Crippen LogP contribution in [-0.4, -0.2) is 25.2 Å². The Bertz CT molecular complexity index is 619. The predicted molar refractivity (Wildman–Crippen MR) is 128 cm³/mol. The van der Waals surface area contributed by atoms with Crippen LogP contribution >= 0.6 is 0 Å². The second kappa shape index (κ2) is 18.7. The Morgan fingerprint density at radius 2 is 1.03 bits per heavy atom. The van der Waals surface area contributed by atoms with Crippen molar-refractivity contribution in [3.8, 4) is 0 Å². The first-order valence-corrected chi connectivity index (χ1v) is 12.3. The van der Waals surface area contributed by atoms with Gasteiger partial charge < -0.3 is 9.47 Å². The standard InChI is InChI=1S/C27H42O4/c1-3-5-7-9-11-13-15-17-23-31-27(29)25-20-18-24(19-21-25)26(28)30-22-16-14-12-10-8-6-4-2/h11,13,18-21H,3-10,12,14-17,22-23H2,1-2H3/b13-11+. The number of hydrogen-bond donors (Lipinski definition) is 0. The maximum atomic E-state index is 12.1. The molecule has 0 fully saturated rings. The summed E-state index contributed by atoms with van der Waals surface area (Å²) in [6, 6.07) is 6.51. The average molecular weight is 431 g/mol. The van der Waals surface area contributed by atoms with Gasteiger partial charge in [0.15, 0.2) is 0 Å². The van der Waals surface area contributed by atoms with Gasteiger partial charge in [-0.3, -0.25) is 0 Å². The third-order valence-electron chi connectivity index (χ3n) is 5.23. The van der Waals surface area contributed by atoms with E-state index in [0.717, 1.165) is 32.1 Å². The Kier molecular flexibility index (Phi) is 16.2. The van der Waals surface area contributed by atoms with Crippen LogP contribution in [0.1, 0.15) is 118 Å². The van der Waals surface area contributed by atoms with Crippen LogP contribution in [0.2, 0.25) is 0 Å². The molecule has 4 nitrogen and oxygen atoms in total. The summed E-state index contributed by atoms with van der Waals surface area (Å²) in [5, 5.41) is 0. The molecular formula is C27H42O4. The molecule has 0 radical (unpaired) electrons. The van der Waals surface area contributed by atoms with E-state index in [4.69, 9.17) is 9.47 Å². The third-order valence-corrected chi connectivity index (χ3v) is 5.23. The van der Waals surface area contributed by atoms with Crippen molar-refractivity contribution < 1.29 is 19.1 Å². The minimum atomic E-state index is -0.352. The Labute approximate surface area is 189 Å². The number of rotatable bonds is 18. The first-order chi connectivity index (χ1) is 15.2. The maximum absolute atomic E-state index is 12.1. The normalized spacial score (nSPS) is 11.0. The van der Waals surface area contributed by atoms with Crippen LogP contribution in [0.15, 0.2) is 36.4 Å². The van der Waals surface area contributed by atoms with E-state index in [2.05, 4.69) is 26.0 Å². The minimum Gasteiger partial charge on any atom is -0.462 e. The van der Waals surface area contributed by atoms with E-state index in [1.165, 1.54) is 51.4 Å².